The smallest absolute Gasteiger partial charge is 0.233 e. The minimum absolute atomic E-state index is 0.386. The number of hydrogen-bond acceptors (Lipinski definition) is 5. The Kier molecular flexibility index (Phi) is 3.89. The van der Waals surface area contributed by atoms with Gasteiger partial charge in [-0.15, -0.1) is 5.10 Å². The van der Waals surface area contributed by atoms with Gasteiger partial charge in [0, 0.05) is 17.9 Å². The maximum Gasteiger partial charge on any atom is 0.233 e. The zero-order valence-electron chi connectivity index (χ0n) is 14.2. The molecule has 0 aliphatic rings. The number of rotatable bonds is 5. The Morgan fingerprint density at radius 2 is 2.04 bits per heavy atom. The number of hydrogen-bond donors (Lipinski definition) is 1. The molecule has 4 rings (SSSR count). The Labute approximate surface area is 145 Å². The van der Waals surface area contributed by atoms with Crippen LogP contribution >= 0.6 is 0 Å². The van der Waals surface area contributed by atoms with Crippen LogP contribution in [0.5, 0.6) is 5.88 Å². The summed E-state index contributed by atoms with van der Waals surface area (Å²) in [6, 6.07) is 13.5. The number of imidazole rings is 1. The molecule has 4 aromatic rings. The maximum absolute atomic E-state index is 6.02. The van der Waals surface area contributed by atoms with Crippen LogP contribution in [0.25, 0.3) is 28.1 Å². The highest BCUT2D eigenvalue weighted by atomic mass is 16.5. The van der Waals surface area contributed by atoms with E-state index in [4.69, 9.17) is 14.9 Å². The Morgan fingerprint density at radius 3 is 2.84 bits per heavy atom. The summed E-state index contributed by atoms with van der Waals surface area (Å²) in [5.74, 6) is 1.64. The van der Waals surface area contributed by atoms with Crippen LogP contribution in [0.15, 0.2) is 53.1 Å². The van der Waals surface area contributed by atoms with E-state index in [1.165, 1.54) is 0 Å². The summed E-state index contributed by atoms with van der Waals surface area (Å²) >= 11 is 0. The first-order chi connectivity index (χ1) is 12.1. The fraction of sp³-hybridized carbons (Fsp3) is 0.263. The van der Waals surface area contributed by atoms with Gasteiger partial charge in [-0.05, 0) is 24.1 Å². The molecule has 6 heteroatoms. The van der Waals surface area contributed by atoms with E-state index in [9.17, 15) is 0 Å². The molecular formula is C19H20N4O2. The number of fused-ring (bicyclic) bond motifs is 2. The molecule has 3 aromatic heterocycles. The van der Waals surface area contributed by atoms with Gasteiger partial charge in [0.2, 0.25) is 5.88 Å². The summed E-state index contributed by atoms with van der Waals surface area (Å²) in [7, 11) is 0. The fourth-order valence-corrected chi connectivity index (χ4v) is 2.86. The lowest BCUT2D eigenvalue weighted by Crippen LogP contribution is -2.29. The van der Waals surface area contributed by atoms with Gasteiger partial charge in [0.25, 0.3) is 0 Å². The predicted octanol–water partition coefficient (Wildman–Crippen LogP) is 3.85. The van der Waals surface area contributed by atoms with Gasteiger partial charge in [0.05, 0.1) is 6.20 Å². The molecule has 0 aliphatic heterocycles. The molecule has 0 bridgehead atoms. The van der Waals surface area contributed by atoms with Crippen molar-refractivity contribution in [2.75, 3.05) is 0 Å². The van der Waals surface area contributed by atoms with Crippen LogP contribution in [0.4, 0.5) is 0 Å². The molecule has 1 aromatic carbocycles. The molecule has 1 atom stereocenters. The zero-order chi connectivity index (χ0) is 17.4. The topological polar surface area (TPSA) is 78.6 Å². The summed E-state index contributed by atoms with van der Waals surface area (Å²) in [5, 5.41) is 5.56. The number of para-hydroxylation sites is 1. The third-order valence-electron chi connectivity index (χ3n) is 3.99. The molecule has 0 saturated carbocycles. The van der Waals surface area contributed by atoms with Gasteiger partial charge in [-0.1, -0.05) is 32.0 Å². The molecule has 25 heavy (non-hydrogen) atoms. The Bertz CT molecular complexity index is 986. The lowest BCUT2D eigenvalue weighted by molar-refractivity contribution is 0.172. The van der Waals surface area contributed by atoms with Crippen LogP contribution in [0.2, 0.25) is 0 Å². The molecule has 0 fully saturated rings. The van der Waals surface area contributed by atoms with E-state index in [2.05, 4.69) is 23.9 Å². The van der Waals surface area contributed by atoms with E-state index in [0.29, 0.717) is 17.6 Å². The van der Waals surface area contributed by atoms with Crippen molar-refractivity contribution in [1.82, 2.24) is 14.6 Å². The summed E-state index contributed by atoms with van der Waals surface area (Å²) in [6.07, 6.45) is 2.13. The maximum atomic E-state index is 6.02. The summed E-state index contributed by atoms with van der Waals surface area (Å²) in [5.41, 5.74) is 8.35. The standard InChI is InChI=1S/C19H20N4O2/c1-12(2)9-17(20)25-19-8-7-18-21-11-14(23(18)22-19)16-10-13-5-3-4-6-15(13)24-16/h3-8,10-12,17H,9,20H2,1-2H3. The largest absolute Gasteiger partial charge is 0.458 e. The minimum atomic E-state index is -0.386. The fourth-order valence-electron chi connectivity index (χ4n) is 2.86. The second-order valence-electron chi connectivity index (χ2n) is 6.52. The molecule has 1 unspecified atom stereocenters. The van der Waals surface area contributed by atoms with Crippen molar-refractivity contribution in [3.63, 3.8) is 0 Å². The van der Waals surface area contributed by atoms with Gasteiger partial charge in [-0.25, -0.2) is 9.50 Å². The van der Waals surface area contributed by atoms with E-state index >= 15 is 0 Å². The van der Waals surface area contributed by atoms with Gasteiger partial charge >= 0.3 is 0 Å². The van der Waals surface area contributed by atoms with Gasteiger partial charge in [-0.2, -0.15) is 0 Å². The van der Waals surface area contributed by atoms with Crippen LogP contribution in [-0.4, -0.2) is 20.8 Å². The van der Waals surface area contributed by atoms with Crippen molar-refractivity contribution in [2.24, 2.45) is 11.7 Å². The van der Waals surface area contributed by atoms with Crippen molar-refractivity contribution in [3.05, 3.63) is 48.7 Å². The number of furan rings is 1. The molecular weight excluding hydrogens is 316 g/mol. The number of nitrogens with zero attached hydrogens (tertiary/aromatic N) is 3. The third-order valence-corrected chi connectivity index (χ3v) is 3.99. The van der Waals surface area contributed by atoms with Gasteiger partial charge in [0.15, 0.2) is 11.4 Å². The van der Waals surface area contributed by atoms with Crippen molar-refractivity contribution in [3.8, 4) is 17.3 Å². The van der Waals surface area contributed by atoms with E-state index in [1.54, 1.807) is 16.8 Å². The second-order valence-corrected chi connectivity index (χ2v) is 6.52. The van der Waals surface area contributed by atoms with Crippen molar-refractivity contribution in [2.45, 2.75) is 26.5 Å². The second kappa shape index (κ2) is 6.22. The Morgan fingerprint density at radius 1 is 1.20 bits per heavy atom. The highest BCUT2D eigenvalue weighted by Crippen LogP contribution is 2.28. The molecule has 0 amide bonds. The SMILES string of the molecule is CC(C)CC(N)Oc1ccc2ncc(-c3cc4ccccc4o3)n2n1. The number of ether oxygens (including phenoxy) is 1. The van der Waals surface area contributed by atoms with E-state index in [-0.39, 0.29) is 6.23 Å². The monoisotopic (exact) mass is 336 g/mol. The van der Waals surface area contributed by atoms with E-state index < -0.39 is 0 Å². The number of benzene rings is 1. The molecule has 0 spiro atoms. The molecule has 128 valence electrons. The van der Waals surface area contributed by atoms with Crippen LogP contribution in [-0.2, 0) is 0 Å². The number of nitrogens with two attached hydrogens (primary N) is 1. The van der Waals surface area contributed by atoms with E-state index in [0.717, 1.165) is 28.7 Å². The summed E-state index contributed by atoms with van der Waals surface area (Å²) in [4.78, 5) is 4.39. The minimum Gasteiger partial charge on any atom is -0.458 e. The average Bonchev–Trinajstić information content (AvgIpc) is 3.16. The first kappa shape index (κ1) is 15.7. The molecule has 0 radical (unpaired) electrons. The normalized spacial score (nSPS) is 13.0. The first-order valence-corrected chi connectivity index (χ1v) is 8.36. The first-order valence-electron chi connectivity index (χ1n) is 8.36. The molecule has 3 heterocycles. The van der Waals surface area contributed by atoms with Crippen LogP contribution in [0.1, 0.15) is 20.3 Å². The highest BCUT2D eigenvalue weighted by Gasteiger charge is 2.14. The quantitative estimate of drug-likeness (QED) is 0.560. The summed E-state index contributed by atoms with van der Waals surface area (Å²) < 4.78 is 13.4. The number of aromatic nitrogens is 3. The Hall–Kier alpha value is -2.86. The summed E-state index contributed by atoms with van der Waals surface area (Å²) in [6.45, 7) is 4.21. The van der Waals surface area contributed by atoms with Crippen molar-refractivity contribution < 1.29 is 9.15 Å². The lowest BCUT2D eigenvalue weighted by Gasteiger charge is -2.15. The van der Waals surface area contributed by atoms with Crippen LogP contribution in [0.3, 0.4) is 0 Å². The average molecular weight is 336 g/mol. The molecule has 0 aliphatic carbocycles. The third kappa shape index (κ3) is 3.08. The molecule has 6 nitrogen and oxygen atoms in total. The van der Waals surface area contributed by atoms with Gasteiger partial charge in [-0.3, -0.25) is 5.73 Å². The predicted molar refractivity (Wildman–Crippen MR) is 96.3 cm³/mol. The Balaban J connectivity index is 1.71. The zero-order valence-corrected chi connectivity index (χ0v) is 14.2. The van der Waals surface area contributed by atoms with Crippen LogP contribution in [0, 0.1) is 5.92 Å². The molecule has 2 N–H and O–H groups in total. The van der Waals surface area contributed by atoms with Gasteiger partial charge < -0.3 is 9.15 Å². The van der Waals surface area contributed by atoms with E-state index in [1.807, 2.05) is 36.4 Å². The lowest BCUT2D eigenvalue weighted by atomic mass is 10.1. The van der Waals surface area contributed by atoms with Crippen molar-refractivity contribution >= 4 is 16.6 Å². The highest BCUT2D eigenvalue weighted by molar-refractivity contribution is 5.82. The van der Waals surface area contributed by atoms with Crippen molar-refractivity contribution in [1.29, 1.82) is 0 Å². The van der Waals surface area contributed by atoms with Gasteiger partial charge in [0.1, 0.15) is 17.5 Å². The van der Waals surface area contributed by atoms with Crippen LogP contribution < -0.4 is 10.5 Å². The molecule has 0 saturated heterocycles.